The van der Waals surface area contributed by atoms with Gasteiger partial charge in [-0.25, -0.2) is 9.50 Å². The molecule has 4 heteroatoms. The third-order valence-electron chi connectivity index (χ3n) is 4.24. The largest absolute Gasteiger partial charge is 0.368 e. The molecule has 1 aliphatic carbocycles. The Morgan fingerprint density at radius 1 is 1.44 bits per heavy atom. The summed E-state index contributed by atoms with van der Waals surface area (Å²) in [5.74, 6) is 1.68. The molecule has 4 nitrogen and oxygen atoms in total. The van der Waals surface area contributed by atoms with Gasteiger partial charge in [0.1, 0.15) is 5.52 Å². The summed E-state index contributed by atoms with van der Waals surface area (Å²) in [7, 11) is 0. The Morgan fingerprint density at radius 3 is 2.89 bits per heavy atom. The van der Waals surface area contributed by atoms with Crippen molar-refractivity contribution in [3.05, 3.63) is 24.2 Å². The van der Waals surface area contributed by atoms with E-state index < -0.39 is 0 Å². The zero-order chi connectivity index (χ0) is 12.8. The number of nitrogens with one attached hydrogen (secondary N) is 1. The summed E-state index contributed by atoms with van der Waals surface area (Å²) < 4.78 is 1.89. The summed E-state index contributed by atoms with van der Waals surface area (Å²) in [4.78, 5) is 4.44. The van der Waals surface area contributed by atoms with Gasteiger partial charge in [0.15, 0.2) is 5.82 Å². The fourth-order valence-corrected chi connectivity index (χ4v) is 2.56. The molecule has 0 aromatic carbocycles. The Bertz CT molecular complexity index is 566. The van der Waals surface area contributed by atoms with Crippen LogP contribution in [0.1, 0.15) is 32.4 Å². The monoisotopic (exact) mass is 244 g/mol. The summed E-state index contributed by atoms with van der Waals surface area (Å²) >= 11 is 0. The highest BCUT2D eigenvalue weighted by atomic mass is 15.2. The molecule has 0 spiro atoms. The highest BCUT2D eigenvalue weighted by molar-refractivity contribution is 5.67. The number of aromatic nitrogens is 3. The van der Waals surface area contributed by atoms with Gasteiger partial charge in [-0.1, -0.05) is 13.8 Å². The number of nitrogens with zero attached hydrogens (tertiary/aromatic N) is 3. The van der Waals surface area contributed by atoms with E-state index in [-0.39, 0.29) is 0 Å². The van der Waals surface area contributed by atoms with Crippen LogP contribution >= 0.6 is 0 Å². The number of hydrogen-bond acceptors (Lipinski definition) is 3. The van der Waals surface area contributed by atoms with Crippen LogP contribution < -0.4 is 5.32 Å². The molecule has 0 aliphatic heterocycles. The highest BCUT2D eigenvalue weighted by Crippen LogP contribution is 2.51. The van der Waals surface area contributed by atoms with Crippen LogP contribution in [0.5, 0.6) is 0 Å². The normalized spacial score (nSPS) is 17.3. The van der Waals surface area contributed by atoms with Gasteiger partial charge in [0.2, 0.25) is 0 Å². The van der Waals surface area contributed by atoms with Crippen molar-refractivity contribution < 1.29 is 0 Å². The van der Waals surface area contributed by atoms with Crippen LogP contribution in [0, 0.1) is 18.3 Å². The molecule has 0 atom stereocenters. The number of hydrogen-bond donors (Lipinski definition) is 1. The number of aryl methyl sites for hydroxylation is 1. The van der Waals surface area contributed by atoms with Crippen LogP contribution in [0.3, 0.4) is 0 Å². The Kier molecular flexibility index (Phi) is 2.54. The molecular formula is C14H20N4. The maximum atomic E-state index is 4.44. The summed E-state index contributed by atoms with van der Waals surface area (Å²) in [6.07, 6.45) is 6.36. The van der Waals surface area contributed by atoms with E-state index in [0.29, 0.717) is 5.41 Å². The molecule has 2 aromatic heterocycles. The third-order valence-corrected chi connectivity index (χ3v) is 4.24. The maximum Gasteiger partial charge on any atom is 0.152 e. The zero-order valence-electron chi connectivity index (χ0n) is 11.3. The van der Waals surface area contributed by atoms with E-state index >= 15 is 0 Å². The molecule has 2 aromatic rings. The first-order valence-corrected chi connectivity index (χ1v) is 6.66. The first-order valence-electron chi connectivity index (χ1n) is 6.66. The molecule has 0 amide bonds. The van der Waals surface area contributed by atoms with E-state index in [9.17, 15) is 0 Å². The Labute approximate surface area is 107 Å². The Balaban J connectivity index is 1.83. The molecule has 3 rings (SSSR count). The standard InChI is InChI=1S/C14H20N4/c1-10(2)14(4-5-14)9-16-13-12-8-11(3)17-18(12)7-6-15-13/h6-8,10H,4-5,9H2,1-3H3,(H,15,16). The van der Waals surface area contributed by atoms with E-state index in [4.69, 9.17) is 0 Å². The van der Waals surface area contributed by atoms with Crippen LogP contribution in [-0.4, -0.2) is 21.1 Å². The van der Waals surface area contributed by atoms with Gasteiger partial charge >= 0.3 is 0 Å². The number of fused-ring (bicyclic) bond motifs is 1. The molecule has 0 saturated heterocycles. The number of rotatable bonds is 4. The van der Waals surface area contributed by atoms with E-state index in [1.54, 1.807) is 6.20 Å². The molecule has 1 aliphatic rings. The van der Waals surface area contributed by atoms with Crippen LogP contribution in [0.25, 0.3) is 5.52 Å². The van der Waals surface area contributed by atoms with Gasteiger partial charge in [0.05, 0.1) is 5.69 Å². The first kappa shape index (κ1) is 11.5. The van der Waals surface area contributed by atoms with Gasteiger partial charge in [0, 0.05) is 18.9 Å². The van der Waals surface area contributed by atoms with Gasteiger partial charge in [-0.3, -0.25) is 0 Å². The maximum absolute atomic E-state index is 4.44. The van der Waals surface area contributed by atoms with E-state index in [1.165, 1.54) is 12.8 Å². The lowest BCUT2D eigenvalue weighted by Crippen LogP contribution is -2.21. The van der Waals surface area contributed by atoms with Crippen molar-refractivity contribution in [2.45, 2.75) is 33.6 Å². The van der Waals surface area contributed by atoms with Gasteiger partial charge in [-0.05, 0) is 37.2 Å². The molecular weight excluding hydrogens is 224 g/mol. The Morgan fingerprint density at radius 2 is 2.22 bits per heavy atom. The summed E-state index contributed by atoms with van der Waals surface area (Å²) in [6.45, 7) is 7.65. The minimum Gasteiger partial charge on any atom is -0.368 e. The van der Waals surface area contributed by atoms with Crippen LogP contribution in [0.2, 0.25) is 0 Å². The average Bonchev–Trinajstić information content (AvgIpc) is 3.02. The van der Waals surface area contributed by atoms with E-state index in [2.05, 4.69) is 35.3 Å². The molecule has 0 radical (unpaired) electrons. The molecule has 1 saturated carbocycles. The lowest BCUT2D eigenvalue weighted by molar-refractivity contribution is 0.380. The molecule has 2 heterocycles. The van der Waals surface area contributed by atoms with E-state index in [1.807, 2.05) is 17.6 Å². The zero-order valence-corrected chi connectivity index (χ0v) is 11.3. The van der Waals surface area contributed by atoms with Crippen LogP contribution in [0.15, 0.2) is 18.5 Å². The molecule has 0 bridgehead atoms. The van der Waals surface area contributed by atoms with Crippen LogP contribution in [0.4, 0.5) is 5.82 Å². The van der Waals surface area contributed by atoms with Crippen molar-refractivity contribution in [2.24, 2.45) is 11.3 Å². The lowest BCUT2D eigenvalue weighted by Gasteiger charge is -2.20. The van der Waals surface area contributed by atoms with Crippen molar-refractivity contribution in [1.82, 2.24) is 14.6 Å². The number of anilines is 1. The minimum absolute atomic E-state index is 0.490. The highest BCUT2D eigenvalue weighted by Gasteiger charge is 2.45. The second-order valence-corrected chi connectivity index (χ2v) is 5.76. The van der Waals surface area contributed by atoms with E-state index in [0.717, 1.165) is 29.5 Å². The summed E-state index contributed by atoms with van der Waals surface area (Å²) in [5, 5.41) is 7.92. The molecule has 0 unspecified atom stereocenters. The summed E-state index contributed by atoms with van der Waals surface area (Å²) in [5.41, 5.74) is 2.58. The minimum atomic E-state index is 0.490. The van der Waals surface area contributed by atoms with Crippen molar-refractivity contribution >= 4 is 11.3 Å². The second kappa shape index (κ2) is 3.97. The fourth-order valence-electron chi connectivity index (χ4n) is 2.56. The van der Waals surface area contributed by atoms with Crippen molar-refractivity contribution in [1.29, 1.82) is 0 Å². The van der Waals surface area contributed by atoms with Crippen LogP contribution in [-0.2, 0) is 0 Å². The molecule has 18 heavy (non-hydrogen) atoms. The molecule has 96 valence electrons. The predicted molar refractivity (Wildman–Crippen MR) is 72.7 cm³/mol. The van der Waals surface area contributed by atoms with Crippen molar-refractivity contribution in [3.8, 4) is 0 Å². The van der Waals surface area contributed by atoms with Gasteiger partial charge in [0.25, 0.3) is 0 Å². The predicted octanol–water partition coefficient (Wildman–Crippen LogP) is 2.89. The van der Waals surface area contributed by atoms with Crippen molar-refractivity contribution in [3.63, 3.8) is 0 Å². The quantitative estimate of drug-likeness (QED) is 0.899. The molecule has 1 fully saturated rings. The average molecular weight is 244 g/mol. The SMILES string of the molecule is Cc1cc2c(NCC3(C(C)C)CC3)nccn2n1. The smallest absolute Gasteiger partial charge is 0.152 e. The molecule has 1 N–H and O–H groups in total. The topological polar surface area (TPSA) is 42.2 Å². The Hall–Kier alpha value is -1.58. The van der Waals surface area contributed by atoms with Crippen molar-refractivity contribution in [2.75, 3.05) is 11.9 Å². The summed E-state index contributed by atoms with van der Waals surface area (Å²) in [6, 6.07) is 2.07. The second-order valence-electron chi connectivity index (χ2n) is 5.76. The fraction of sp³-hybridized carbons (Fsp3) is 0.571. The van der Waals surface area contributed by atoms with Gasteiger partial charge in [-0.2, -0.15) is 5.10 Å². The lowest BCUT2D eigenvalue weighted by atomic mass is 9.92. The first-order chi connectivity index (χ1) is 8.61. The third kappa shape index (κ3) is 1.85. The van der Waals surface area contributed by atoms with Gasteiger partial charge in [-0.15, -0.1) is 0 Å². The van der Waals surface area contributed by atoms with Gasteiger partial charge < -0.3 is 5.32 Å².